The van der Waals surface area contributed by atoms with Crippen LogP contribution in [-0.4, -0.2) is 37.9 Å². The molecule has 0 fully saturated rings. The largest absolute Gasteiger partial charge is 0.462 e. The Hall–Kier alpha value is -3.18. The Balaban J connectivity index is 4.34. The van der Waals surface area contributed by atoms with Gasteiger partial charge in [-0.25, -0.2) is 0 Å². The number of rotatable bonds is 48. The highest BCUT2D eigenvalue weighted by Gasteiger charge is 2.17. The highest BCUT2D eigenvalue weighted by molar-refractivity contribution is 5.70. The lowest BCUT2D eigenvalue weighted by Crippen LogP contribution is -2.30. The summed E-state index contributed by atoms with van der Waals surface area (Å²) < 4.78 is 17.4. The standard InChI is InChI=1S/C59H100O5/c1-4-7-10-13-16-19-22-25-28-29-30-31-33-34-37-40-43-46-49-52-58(60)63-56-57(55-62-54-51-48-45-42-39-36-27-24-21-18-15-12-9-6-3)64-59(61)53-50-47-44-41-38-35-32-26-23-20-17-14-11-8-5-2/h8-9,11-12,17-18,20-21,25-28,32,36,38,41,57H,4-7,10,13-16,19,22-24,29-31,33-35,37,39-40,42-56H2,1-3H3/b11-8-,12-9-,20-17-,21-18-,28-25-,32-26-,36-27-,41-38-. The van der Waals surface area contributed by atoms with Crippen LogP contribution in [0.25, 0.3) is 0 Å². The second-order valence-electron chi connectivity index (χ2n) is 17.4. The van der Waals surface area contributed by atoms with Crippen molar-refractivity contribution in [3.63, 3.8) is 0 Å². The molecule has 64 heavy (non-hydrogen) atoms. The molecular weight excluding hydrogens is 789 g/mol. The molecule has 5 heteroatoms. The Morgan fingerprint density at radius 3 is 1.17 bits per heavy atom. The molecule has 0 saturated heterocycles. The summed E-state index contributed by atoms with van der Waals surface area (Å²) in [7, 11) is 0. The van der Waals surface area contributed by atoms with Gasteiger partial charge < -0.3 is 14.2 Å². The summed E-state index contributed by atoms with van der Waals surface area (Å²) in [6, 6.07) is 0. The number of hydrogen-bond donors (Lipinski definition) is 0. The van der Waals surface area contributed by atoms with Crippen LogP contribution < -0.4 is 0 Å². The van der Waals surface area contributed by atoms with Gasteiger partial charge in [-0.05, 0) is 116 Å². The van der Waals surface area contributed by atoms with Crippen molar-refractivity contribution in [1.29, 1.82) is 0 Å². The summed E-state index contributed by atoms with van der Waals surface area (Å²) >= 11 is 0. The van der Waals surface area contributed by atoms with Gasteiger partial charge in [-0.1, -0.05) is 208 Å². The van der Waals surface area contributed by atoms with E-state index < -0.39 is 6.10 Å². The topological polar surface area (TPSA) is 61.8 Å². The van der Waals surface area contributed by atoms with Gasteiger partial charge in [-0.15, -0.1) is 0 Å². The molecule has 0 amide bonds. The van der Waals surface area contributed by atoms with Crippen LogP contribution in [0.1, 0.15) is 239 Å². The highest BCUT2D eigenvalue weighted by atomic mass is 16.6. The monoisotopic (exact) mass is 889 g/mol. The van der Waals surface area contributed by atoms with Crippen LogP contribution in [0, 0.1) is 0 Å². The fourth-order valence-electron chi connectivity index (χ4n) is 7.16. The van der Waals surface area contributed by atoms with Gasteiger partial charge in [0.05, 0.1) is 6.61 Å². The van der Waals surface area contributed by atoms with Crippen LogP contribution in [0.4, 0.5) is 0 Å². The van der Waals surface area contributed by atoms with Gasteiger partial charge in [0.15, 0.2) is 6.10 Å². The SMILES string of the molecule is CC/C=C\C/C=C\C/C=C\C/C=C\CCCCC(=O)OC(COCCCCCC/C=C\C/C=C\C/C=C\CC)COC(=O)CCCCCCCCCCC/C=C\CCCCCCCC. The molecule has 0 heterocycles. The lowest BCUT2D eigenvalue weighted by atomic mass is 10.1. The van der Waals surface area contributed by atoms with Gasteiger partial charge in [0.2, 0.25) is 0 Å². The third-order valence-electron chi connectivity index (χ3n) is 11.1. The van der Waals surface area contributed by atoms with E-state index in [0.717, 1.165) is 103 Å². The van der Waals surface area contributed by atoms with Crippen LogP contribution in [-0.2, 0) is 23.8 Å². The lowest BCUT2D eigenvalue weighted by Gasteiger charge is -2.18. The van der Waals surface area contributed by atoms with E-state index in [1.165, 1.54) is 103 Å². The third kappa shape index (κ3) is 51.5. The van der Waals surface area contributed by atoms with Crippen LogP contribution >= 0.6 is 0 Å². The molecule has 0 aromatic carbocycles. The molecule has 0 rings (SSSR count). The molecule has 0 saturated carbocycles. The van der Waals surface area contributed by atoms with Crippen LogP contribution in [0.3, 0.4) is 0 Å². The minimum atomic E-state index is -0.575. The molecule has 0 aliphatic rings. The molecule has 5 nitrogen and oxygen atoms in total. The first-order valence-corrected chi connectivity index (χ1v) is 26.8. The minimum absolute atomic E-state index is 0.0540. The zero-order chi connectivity index (χ0) is 46.3. The number of unbranched alkanes of at least 4 members (excludes halogenated alkanes) is 21. The number of hydrogen-bond acceptors (Lipinski definition) is 5. The number of carbonyl (C=O) groups excluding carboxylic acids is 2. The fourth-order valence-corrected chi connectivity index (χ4v) is 7.16. The average Bonchev–Trinajstić information content (AvgIpc) is 3.30. The average molecular weight is 889 g/mol. The molecule has 1 unspecified atom stereocenters. The van der Waals surface area contributed by atoms with E-state index in [0.29, 0.717) is 19.4 Å². The number of esters is 2. The summed E-state index contributed by atoms with van der Waals surface area (Å²) in [6.45, 7) is 7.51. The van der Waals surface area contributed by atoms with Crippen molar-refractivity contribution in [2.75, 3.05) is 19.8 Å². The smallest absolute Gasteiger partial charge is 0.306 e. The predicted octanol–water partition coefficient (Wildman–Crippen LogP) is 18.2. The number of allylic oxidation sites excluding steroid dienone is 16. The Morgan fingerprint density at radius 1 is 0.359 bits per heavy atom. The van der Waals surface area contributed by atoms with Crippen molar-refractivity contribution in [3.05, 3.63) is 97.2 Å². The van der Waals surface area contributed by atoms with Gasteiger partial charge in [-0.3, -0.25) is 9.59 Å². The van der Waals surface area contributed by atoms with Crippen molar-refractivity contribution in [2.24, 2.45) is 0 Å². The molecule has 0 radical (unpaired) electrons. The van der Waals surface area contributed by atoms with Gasteiger partial charge in [0.1, 0.15) is 6.61 Å². The van der Waals surface area contributed by atoms with Gasteiger partial charge in [0, 0.05) is 19.4 Å². The van der Waals surface area contributed by atoms with Crippen LogP contribution in [0.2, 0.25) is 0 Å². The van der Waals surface area contributed by atoms with Crippen molar-refractivity contribution >= 4 is 11.9 Å². The first-order chi connectivity index (χ1) is 31.6. The highest BCUT2D eigenvalue weighted by Crippen LogP contribution is 2.14. The first kappa shape index (κ1) is 60.8. The zero-order valence-electron chi connectivity index (χ0n) is 42.0. The summed E-state index contributed by atoms with van der Waals surface area (Å²) in [6.07, 6.45) is 72.8. The molecule has 0 N–H and O–H groups in total. The summed E-state index contributed by atoms with van der Waals surface area (Å²) in [4.78, 5) is 25.4. The Labute approximate surface area is 396 Å². The molecule has 0 aromatic rings. The number of carbonyl (C=O) groups is 2. The lowest BCUT2D eigenvalue weighted by molar-refractivity contribution is -0.163. The van der Waals surface area contributed by atoms with Gasteiger partial charge in [0.25, 0.3) is 0 Å². The van der Waals surface area contributed by atoms with E-state index in [4.69, 9.17) is 14.2 Å². The van der Waals surface area contributed by atoms with Crippen LogP contribution in [0.15, 0.2) is 97.2 Å². The van der Waals surface area contributed by atoms with Crippen LogP contribution in [0.5, 0.6) is 0 Å². The minimum Gasteiger partial charge on any atom is -0.462 e. The van der Waals surface area contributed by atoms with Crippen molar-refractivity contribution in [2.45, 2.75) is 245 Å². The second kappa shape index (κ2) is 54.2. The quantitative estimate of drug-likeness (QED) is 0.0346. The zero-order valence-corrected chi connectivity index (χ0v) is 42.0. The van der Waals surface area contributed by atoms with Crippen molar-refractivity contribution in [1.82, 2.24) is 0 Å². The summed E-state index contributed by atoms with van der Waals surface area (Å²) in [5, 5.41) is 0. The van der Waals surface area contributed by atoms with Crippen molar-refractivity contribution in [3.8, 4) is 0 Å². The van der Waals surface area contributed by atoms with Gasteiger partial charge in [-0.2, -0.15) is 0 Å². The fraction of sp³-hybridized carbons (Fsp3) is 0.695. The summed E-state index contributed by atoms with van der Waals surface area (Å²) in [5.41, 5.74) is 0. The maximum Gasteiger partial charge on any atom is 0.306 e. The van der Waals surface area contributed by atoms with Gasteiger partial charge >= 0.3 is 11.9 Å². The Kier molecular flexibility index (Phi) is 51.5. The first-order valence-electron chi connectivity index (χ1n) is 26.8. The molecule has 366 valence electrons. The maximum absolute atomic E-state index is 12.8. The number of ether oxygens (including phenoxy) is 3. The molecule has 0 aromatic heterocycles. The van der Waals surface area contributed by atoms with E-state index in [2.05, 4.69) is 118 Å². The predicted molar refractivity (Wildman–Crippen MR) is 279 cm³/mol. The van der Waals surface area contributed by atoms with E-state index in [1.54, 1.807) is 0 Å². The molecule has 0 bridgehead atoms. The third-order valence-corrected chi connectivity index (χ3v) is 11.1. The molecular formula is C59H100O5. The van der Waals surface area contributed by atoms with E-state index >= 15 is 0 Å². The van der Waals surface area contributed by atoms with E-state index in [-0.39, 0.29) is 25.2 Å². The summed E-state index contributed by atoms with van der Waals surface area (Å²) in [5.74, 6) is -0.462. The van der Waals surface area contributed by atoms with Crippen molar-refractivity contribution < 1.29 is 23.8 Å². The second-order valence-corrected chi connectivity index (χ2v) is 17.4. The molecule has 0 spiro atoms. The molecule has 0 aliphatic heterocycles. The Morgan fingerprint density at radius 2 is 0.703 bits per heavy atom. The Bertz CT molecular complexity index is 1230. The normalized spacial score (nSPS) is 13.0. The molecule has 1 atom stereocenters. The van der Waals surface area contributed by atoms with E-state index in [1.807, 2.05) is 0 Å². The molecule has 0 aliphatic carbocycles. The van der Waals surface area contributed by atoms with E-state index in [9.17, 15) is 9.59 Å². The maximum atomic E-state index is 12.8.